The monoisotopic (exact) mass is 199 g/mol. The van der Waals surface area contributed by atoms with Crippen molar-refractivity contribution in [1.29, 1.82) is 0 Å². The van der Waals surface area contributed by atoms with Gasteiger partial charge in [0.2, 0.25) is 6.79 Å². The number of ether oxygens (including phenoxy) is 2. The van der Waals surface area contributed by atoms with Crippen LogP contribution in [0, 0.1) is 0 Å². The lowest BCUT2D eigenvalue weighted by molar-refractivity contribution is 0.174. The van der Waals surface area contributed by atoms with Crippen LogP contribution in [0.4, 0.5) is 0 Å². The molecule has 14 heavy (non-hydrogen) atoms. The van der Waals surface area contributed by atoms with E-state index in [1.165, 1.54) is 19.1 Å². The summed E-state index contributed by atoms with van der Waals surface area (Å²) >= 11 is 0. The van der Waals surface area contributed by atoms with Gasteiger partial charge in [-0.2, -0.15) is 0 Å². The standard InChI is InChI=1S/C11H15NO2/c1-8(12-2)5-9-3-4-10-11(6-9)14-7-13-10/h3-4,6,8,12H,5,7H2,1-2H3/i2D3,5D2,8D. The van der Waals surface area contributed by atoms with Crippen LogP contribution in [-0.2, 0) is 6.37 Å². The Morgan fingerprint density at radius 3 is 3.36 bits per heavy atom. The first-order valence-corrected chi connectivity index (χ1v) is 4.22. The van der Waals surface area contributed by atoms with Gasteiger partial charge in [-0.3, -0.25) is 0 Å². The number of hydrogen-bond acceptors (Lipinski definition) is 3. The van der Waals surface area contributed by atoms with E-state index >= 15 is 0 Å². The Bertz CT molecular complexity index is 514. The average molecular weight is 199 g/mol. The lowest BCUT2D eigenvalue weighted by Crippen LogP contribution is -2.23. The van der Waals surface area contributed by atoms with E-state index in [4.69, 9.17) is 17.7 Å². The third-order valence-electron chi connectivity index (χ3n) is 1.89. The normalized spacial score (nSPS) is 26.1. The third-order valence-corrected chi connectivity index (χ3v) is 1.89. The molecular weight excluding hydrogens is 178 g/mol. The summed E-state index contributed by atoms with van der Waals surface area (Å²) < 4.78 is 55.9. The summed E-state index contributed by atoms with van der Waals surface area (Å²) in [7, 11) is 0. The molecule has 1 aliphatic heterocycles. The first kappa shape index (κ1) is 4.53. The Morgan fingerprint density at radius 2 is 2.50 bits per heavy atom. The molecule has 0 saturated heterocycles. The van der Waals surface area contributed by atoms with Crippen molar-refractivity contribution in [2.24, 2.45) is 0 Å². The molecule has 1 aliphatic rings. The third kappa shape index (κ3) is 1.82. The Hall–Kier alpha value is -1.22. The van der Waals surface area contributed by atoms with Gasteiger partial charge in [0, 0.05) is 14.2 Å². The fourth-order valence-electron chi connectivity index (χ4n) is 1.22. The molecule has 3 nitrogen and oxygen atoms in total. The second-order valence-electron chi connectivity index (χ2n) is 2.94. The maximum Gasteiger partial charge on any atom is 0.231 e. The average Bonchev–Trinajstić information content (AvgIpc) is 2.71. The topological polar surface area (TPSA) is 30.5 Å². The van der Waals surface area contributed by atoms with Gasteiger partial charge in [-0.15, -0.1) is 0 Å². The smallest absolute Gasteiger partial charge is 0.231 e. The summed E-state index contributed by atoms with van der Waals surface area (Å²) in [5, 5.41) is 2.02. The van der Waals surface area contributed by atoms with E-state index in [2.05, 4.69) is 0 Å². The van der Waals surface area contributed by atoms with Crippen LogP contribution in [0.1, 0.15) is 20.7 Å². The van der Waals surface area contributed by atoms with E-state index < -0.39 is 19.4 Å². The summed E-state index contributed by atoms with van der Waals surface area (Å²) in [6.45, 7) is -1.36. The van der Waals surface area contributed by atoms with Gasteiger partial charge in [-0.25, -0.2) is 0 Å². The van der Waals surface area contributed by atoms with E-state index in [1.54, 1.807) is 6.07 Å². The maximum absolute atomic E-state index is 8.08. The summed E-state index contributed by atoms with van der Waals surface area (Å²) in [6, 6.07) is 2.39. The zero-order chi connectivity index (χ0) is 15.2. The first-order chi connectivity index (χ1) is 9.03. The molecule has 2 rings (SSSR count). The molecule has 0 spiro atoms. The van der Waals surface area contributed by atoms with Crippen LogP contribution < -0.4 is 14.8 Å². The number of benzene rings is 1. The van der Waals surface area contributed by atoms with E-state index in [0.717, 1.165) is 0 Å². The lowest BCUT2D eigenvalue weighted by Gasteiger charge is -2.09. The highest BCUT2D eigenvalue weighted by atomic mass is 16.7. The molecule has 1 N–H and O–H groups in total. The van der Waals surface area contributed by atoms with Gasteiger partial charge >= 0.3 is 0 Å². The van der Waals surface area contributed by atoms with Crippen molar-refractivity contribution < 1.29 is 17.7 Å². The fraction of sp³-hybridized carbons (Fsp3) is 0.455. The second kappa shape index (κ2) is 3.88. The van der Waals surface area contributed by atoms with Gasteiger partial charge in [0.05, 0.1) is 0 Å². The van der Waals surface area contributed by atoms with Gasteiger partial charge in [0.25, 0.3) is 0 Å². The number of hydrogen-bond donors (Lipinski definition) is 1. The van der Waals surface area contributed by atoms with Crippen LogP contribution in [0.25, 0.3) is 0 Å². The van der Waals surface area contributed by atoms with Crippen LogP contribution in [0.2, 0.25) is 0 Å². The van der Waals surface area contributed by atoms with E-state index in [-0.39, 0.29) is 12.4 Å². The number of fused-ring (bicyclic) bond motifs is 1. The van der Waals surface area contributed by atoms with Crippen molar-refractivity contribution in [1.82, 2.24) is 5.32 Å². The molecule has 1 heterocycles. The van der Waals surface area contributed by atoms with Gasteiger partial charge in [0.1, 0.15) is 0 Å². The van der Waals surface area contributed by atoms with Crippen molar-refractivity contribution >= 4 is 0 Å². The van der Waals surface area contributed by atoms with Crippen molar-refractivity contribution in [2.75, 3.05) is 13.8 Å². The Labute approximate surface area is 92.5 Å². The van der Waals surface area contributed by atoms with Crippen molar-refractivity contribution in [2.45, 2.75) is 19.3 Å². The molecular formula is C11H15NO2. The minimum atomic E-state index is -2.61. The lowest BCUT2D eigenvalue weighted by atomic mass is 10.1. The van der Waals surface area contributed by atoms with E-state index in [9.17, 15) is 0 Å². The molecule has 1 atom stereocenters. The highest BCUT2D eigenvalue weighted by molar-refractivity contribution is 5.44. The number of rotatable bonds is 3. The van der Waals surface area contributed by atoms with Crippen molar-refractivity contribution in [3.05, 3.63) is 23.8 Å². The first-order valence-electron chi connectivity index (χ1n) is 7.22. The van der Waals surface area contributed by atoms with Crippen LogP contribution in [0.5, 0.6) is 11.5 Å². The van der Waals surface area contributed by atoms with E-state index in [0.29, 0.717) is 11.5 Å². The SMILES string of the molecule is [2H]C([2H])([2H])NC([2H])(C)C([2H])([2H])c1ccc2c(c1)OCO2. The van der Waals surface area contributed by atoms with Crippen LogP contribution in [0.15, 0.2) is 18.2 Å². The molecule has 3 heteroatoms. The molecule has 0 aromatic heterocycles. The highest BCUT2D eigenvalue weighted by Gasteiger charge is 2.13. The molecule has 0 amide bonds. The molecule has 1 unspecified atom stereocenters. The largest absolute Gasteiger partial charge is 0.454 e. The van der Waals surface area contributed by atoms with Gasteiger partial charge in [-0.05, 0) is 38.0 Å². The molecule has 1 aromatic rings. The van der Waals surface area contributed by atoms with Gasteiger partial charge in [-0.1, -0.05) is 6.07 Å². The molecule has 1 aromatic carbocycles. The zero-order valence-corrected chi connectivity index (χ0v) is 7.76. The molecule has 0 saturated carbocycles. The summed E-state index contributed by atoms with van der Waals surface area (Å²) in [5.74, 6) is 0.885. The molecule has 0 aliphatic carbocycles. The minimum absolute atomic E-state index is 0.0629. The molecule has 0 radical (unpaired) electrons. The summed E-state index contributed by atoms with van der Waals surface area (Å²) in [4.78, 5) is 0. The quantitative estimate of drug-likeness (QED) is 0.801. The molecule has 76 valence electrons. The Kier molecular flexibility index (Phi) is 1.26. The predicted octanol–water partition coefficient (Wildman–Crippen LogP) is 1.57. The van der Waals surface area contributed by atoms with Crippen LogP contribution >= 0.6 is 0 Å². The Morgan fingerprint density at radius 1 is 1.64 bits per heavy atom. The van der Waals surface area contributed by atoms with Gasteiger partial charge < -0.3 is 14.8 Å². The number of nitrogens with one attached hydrogen (secondary N) is 1. The predicted molar refractivity (Wildman–Crippen MR) is 54.8 cm³/mol. The van der Waals surface area contributed by atoms with Crippen LogP contribution in [0.3, 0.4) is 0 Å². The van der Waals surface area contributed by atoms with E-state index in [1.807, 2.05) is 5.32 Å². The zero-order valence-electron chi connectivity index (χ0n) is 13.8. The number of likely N-dealkylation sites (N-methyl/N-ethyl adjacent to an activating group) is 1. The summed E-state index contributed by atoms with van der Waals surface area (Å²) in [5.41, 5.74) is 0.149. The second-order valence-corrected chi connectivity index (χ2v) is 2.94. The molecule has 0 bridgehead atoms. The minimum Gasteiger partial charge on any atom is -0.454 e. The summed E-state index contributed by atoms with van der Waals surface area (Å²) in [6.07, 6.45) is -2.23. The highest BCUT2D eigenvalue weighted by Crippen LogP contribution is 2.32. The maximum atomic E-state index is 8.08. The van der Waals surface area contributed by atoms with Gasteiger partial charge in [0.15, 0.2) is 11.5 Å². The van der Waals surface area contributed by atoms with Crippen molar-refractivity contribution in [3.8, 4) is 11.5 Å². The molecule has 0 fully saturated rings. The van der Waals surface area contributed by atoms with Crippen LogP contribution in [-0.4, -0.2) is 19.8 Å². The fourth-order valence-corrected chi connectivity index (χ4v) is 1.22. The van der Waals surface area contributed by atoms with Crippen molar-refractivity contribution in [3.63, 3.8) is 0 Å². The Balaban J connectivity index is 2.34.